The first-order valence-corrected chi connectivity index (χ1v) is 7.48. The topological polar surface area (TPSA) is 81.9 Å². The molecule has 3 aromatic rings. The Balaban J connectivity index is 1.67. The summed E-state index contributed by atoms with van der Waals surface area (Å²) in [6.07, 6.45) is 4.13. The molecule has 1 unspecified atom stereocenters. The fourth-order valence-corrected chi connectivity index (χ4v) is 2.12. The zero-order valence-electron chi connectivity index (χ0n) is 13.4. The van der Waals surface area contributed by atoms with Gasteiger partial charge in [0.25, 0.3) is 5.91 Å². The summed E-state index contributed by atoms with van der Waals surface area (Å²) in [6.45, 7) is 3.66. The Hall–Kier alpha value is -3.22. The number of nitrogens with zero attached hydrogens (tertiary/aromatic N) is 4. The van der Waals surface area contributed by atoms with E-state index < -0.39 is 6.10 Å². The number of hydrogen-bond acceptors (Lipinski definition) is 5. The molecule has 0 fully saturated rings. The molecule has 0 spiro atoms. The van der Waals surface area contributed by atoms with Gasteiger partial charge in [-0.25, -0.2) is 14.6 Å². The van der Waals surface area contributed by atoms with Gasteiger partial charge in [0.2, 0.25) is 0 Å². The number of carbonyl (C=O) groups excluding carboxylic acids is 1. The molecule has 3 rings (SSSR count). The molecule has 2 aromatic heterocycles. The highest BCUT2D eigenvalue weighted by Gasteiger charge is 2.16. The molecule has 0 aliphatic rings. The average Bonchev–Trinajstić information content (AvgIpc) is 3.09. The first kappa shape index (κ1) is 15.7. The highest BCUT2D eigenvalue weighted by molar-refractivity contribution is 5.93. The van der Waals surface area contributed by atoms with Crippen LogP contribution in [0.3, 0.4) is 0 Å². The van der Waals surface area contributed by atoms with Crippen LogP contribution < -0.4 is 10.1 Å². The number of carbonyl (C=O) groups is 1. The van der Waals surface area contributed by atoms with Crippen molar-refractivity contribution in [2.45, 2.75) is 20.0 Å². The lowest BCUT2D eigenvalue weighted by atomic mass is 10.2. The molecule has 0 aliphatic carbocycles. The molecule has 1 amide bonds. The summed E-state index contributed by atoms with van der Waals surface area (Å²) in [5.41, 5.74) is 1.07. The predicted molar refractivity (Wildman–Crippen MR) is 89.1 cm³/mol. The molecule has 7 heteroatoms. The second-order valence-corrected chi connectivity index (χ2v) is 5.28. The molecular weight excluding hydrogens is 306 g/mol. The second-order valence-electron chi connectivity index (χ2n) is 5.28. The Morgan fingerprint density at radius 1 is 1.25 bits per heavy atom. The first-order chi connectivity index (χ1) is 11.6. The van der Waals surface area contributed by atoms with E-state index in [1.165, 1.54) is 6.33 Å². The fourth-order valence-electron chi connectivity index (χ4n) is 2.12. The van der Waals surface area contributed by atoms with E-state index in [4.69, 9.17) is 4.74 Å². The van der Waals surface area contributed by atoms with Crippen LogP contribution in [0.15, 0.2) is 55.1 Å². The van der Waals surface area contributed by atoms with Crippen molar-refractivity contribution in [1.82, 2.24) is 19.7 Å². The van der Waals surface area contributed by atoms with Gasteiger partial charge < -0.3 is 10.1 Å². The molecule has 24 heavy (non-hydrogen) atoms. The van der Waals surface area contributed by atoms with Crippen molar-refractivity contribution in [3.8, 4) is 11.6 Å². The van der Waals surface area contributed by atoms with Crippen LogP contribution in [0.2, 0.25) is 0 Å². The van der Waals surface area contributed by atoms with Crippen LogP contribution in [0.5, 0.6) is 5.75 Å². The average molecular weight is 323 g/mol. The quantitative estimate of drug-likeness (QED) is 0.779. The number of rotatable bonds is 5. The molecule has 0 bridgehead atoms. The molecule has 1 N–H and O–H groups in total. The van der Waals surface area contributed by atoms with Crippen LogP contribution in [-0.2, 0) is 4.79 Å². The number of anilines is 1. The normalized spacial score (nSPS) is 11.8. The monoisotopic (exact) mass is 323 g/mol. The Morgan fingerprint density at radius 2 is 2.12 bits per heavy atom. The minimum Gasteiger partial charge on any atom is -0.481 e. The third-order valence-electron chi connectivity index (χ3n) is 3.31. The maximum atomic E-state index is 12.3. The van der Waals surface area contributed by atoms with E-state index in [0.717, 1.165) is 5.56 Å². The molecule has 2 heterocycles. The van der Waals surface area contributed by atoms with Gasteiger partial charge in [0.15, 0.2) is 11.9 Å². The second kappa shape index (κ2) is 6.91. The van der Waals surface area contributed by atoms with E-state index in [2.05, 4.69) is 20.4 Å². The molecule has 1 atom stereocenters. The maximum Gasteiger partial charge on any atom is 0.266 e. The highest BCUT2D eigenvalue weighted by atomic mass is 16.5. The molecule has 0 saturated carbocycles. The molecule has 1 aromatic carbocycles. The Bertz CT molecular complexity index is 833. The Morgan fingerprint density at radius 3 is 2.88 bits per heavy atom. The smallest absolute Gasteiger partial charge is 0.266 e. The van der Waals surface area contributed by atoms with Crippen molar-refractivity contribution in [2.75, 3.05) is 5.32 Å². The lowest BCUT2D eigenvalue weighted by Gasteiger charge is -2.15. The third kappa shape index (κ3) is 3.75. The lowest BCUT2D eigenvalue weighted by Crippen LogP contribution is -2.30. The van der Waals surface area contributed by atoms with E-state index in [1.807, 2.05) is 31.2 Å². The number of nitrogens with one attached hydrogen (secondary N) is 1. The summed E-state index contributed by atoms with van der Waals surface area (Å²) in [4.78, 5) is 20.5. The minimum absolute atomic E-state index is 0.290. The van der Waals surface area contributed by atoms with E-state index in [0.29, 0.717) is 17.4 Å². The minimum atomic E-state index is -0.657. The van der Waals surface area contributed by atoms with Gasteiger partial charge in [0.05, 0.1) is 0 Å². The van der Waals surface area contributed by atoms with Crippen molar-refractivity contribution in [2.24, 2.45) is 0 Å². The lowest BCUT2D eigenvalue weighted by molar-refractivity contribution is -0.122. The van der Waals surface area contributed by atoms with Crippen molar-refractivity contribution < 1.29 is 9.53 Å². The number of amides is 1. The fraction of sp³-hybridized carbons (Fsp3) is 0.176. The molecule has 0 saturated heterocycles. The number of aryl methyl sites for hydroxylation is 1. The molecule has 0 aliphatic heterocycles. The molecule has 122 valence electrons. The van der Waals surface area contributed by atoms with Gasteiger partial charge >= 0.3 is 0 Å². The van der Waals surface area contributed by atoms with Gasteiger partial charge in [-0.05, 0) is 37.6 Å². The van der Waals surface area contributed by atoms with Gasteiger partial charge in [-0.15, -0.1) is 0 Å². The SMILES string of the molecule is Cc1cccc(OC(C)C(=O)Nc2cc(-n3cccn3)ncn2)c1. The van der Waals surface area contributed by atoms with Crippen molar-refractivity contribution >= 4 is 11.7 Å². The van der Waals surface area contributed by atoms with E-state index in [-0.39, 0.29) is 5.91 Å². The number of hydrogen-bond donors (Lipinski definition) is 1. The maximum absolute atomic E-state index is 12.3. The van der Waals surface area contributed by atoms with E-state index in [9.17, 15) is 4.79 Å². The summed E-state index contributed by atoms with van der Waals surface area (Å²) in [5.74, 6) is 1.32. The van der Waals surface area contributed by atoms with Crippen LogP contribution in [0, 0.1) is 6.92 Å². The number of benzene rings is 1. The van der Waals surface area contributed by atoms with Crippen LogP contribution >= 0.6 is 0 Å². The highest BCUT2D eigenvalue weighted by Crippen LogP contribution is 2.15. The van der Waals surface area contributed by atoms with Crippen LogP contribution in [0.25, 0.3) is 5.82 Å². The Kier molecular flexibility index (Phi) is 4.51. The van der Waals surface area contributed by atoms with Gasteiger partial charge in [-0.3, -0.25) is 4.79 Å². The summed E-state index contributed by atoms with van der Waals surface area (Å²) in [5, 5.41) is 6.82. The van der Waals surface area contributed by atoms with Gasteiger partial charge in [-0.1, -0.05) is 12.1 Å². The zero-order chi connectivity index (χ0) is 16.9. The zero-order valence-corrected chi connectivity index (χ0v) is 13.4. The van der Waals surface area contributed by atoms with E-state index in [1.54, 1.807) is 36.1 Å². The predicted octanol–water partition coefficient (Wildman–Crippen LogP) is 2.38. The first-order valence-electron chi connectivity index (χ1n) is 7.48. The Labute approximate surface area is 139 Å². The third-order valence-corrected chi connectivity index (χ3v) is 3.31. The summed E-state index contributed by atoms with van der Waals surface area (Å²) in [7, 11) is 0. The van der Waals surface area contributed by atoms with Gasteiger partial charge in [-0.2, -0.15) is 5.10 Å². The molecular formula is C17H17N5O2. The van der Waals surface area contributed by atoms with Crippen LogP contribution in [0.4, 0.5) is 5.82 Å². The van der Waals surface area contributed by atoms with Crippen LogP contribution in [0.1, 0.15) is 12.5 Å². The van der Waals surface area contributed by atoms with Gasteiger partial charge in [0.1, 0.15) is 17.9 Å². The summed E-state index contributed by atoms with van der Waals surface area (Å²) in [6, 6.07) is 11.0. The van der Waals surface area contributed by atoms with Crippen molar-refractivity contribution in [1.29, 1.82) is 0 Å². The van der Waals surface area contributed by atoms with Gasteiger partial charge in [0, 0.05) is 18.5 Å². The molecule has 7 nitrogen and oxygen atoms in total. The number of aromatic nitrogens is 4. The number of ether oxygens (including phenoxy) is 1. The summed E-state index contributed by atoms with van der Waals surface area (Å²) < 4.78 is 7.25. The van der Waals surface area contributed by atoms with Crippen LogP contribution in [-0.4, -0.2) is 31.8 Å². The standard InChI is InChI=1S/C17H17N5O2/c1-12-5-3-6-14(9-12)24-13(2)17(23)21-15-10-16(19-11-18-15)22-8-4-7-20-22/h3-11,13H,1-2H3,(H,18,19,21,23). The molecule has 0 radical (unpaired) electrons. The summed E-state index contributed by atoms with van der Waals surface area (Å²) >= 11 is 0. The largest absolute Gasteiger partial charge is 0.481 e. The van der Waals surface area contributed by atoms with Crippen molar-refractivity contribution in [3.63, 3.8) is 0 Å². The van der Waals surface area contributed by atoms with Crippen molar-refractivity contribution in [3.05, 3.63) is 60.7 Å². The van der Waals surface area contributed by atoms with E-state index >= 15 is 0 Å².